The molecule has 0 spiro atoms. The summed E-state index contributed by atoms with van der Waals surface area (Å²) in [6, 6.07) is 61.8. The highest BCUT2D eigenvalue weighted by Gasteiger charge is 2.39. The Morgan fingerprint density at radius 2 is 1.05 bits per heavy atom. The maximum atomic E-state index is 5.36. The molecular weight excluding hydrogens is 691 g/mol. The molecule has 0 fully saturated rings. The molecule has 0 saturated carbocycles. The van der Waals surface area contributed by atoms with Gasteiger partial charge in [-0.1, -0.05) is 155 Å². The van der Waals surface area contributed by atoms with Crippen molar-refractivity contribution in [1.82, 2.24) is 9.97 Å². The van der Waals surface area contributed by atoms with Crippen LogP contribution in [0.25, 0.3) is 66.4 Å². The number of nitrogens with zero attached hydrogens (tertiary/aromatic N) is 3. The third-order valence-corrected chi connectivity index (χ3v) is 12.7. The van der Waals surface area contributed by atoms with E-state index in [0.717, 1.165) is 55.6 Å². The fourth-order valence-corrected chi connectivity index (χ4v) is 9.87. The van der Waals surface area contributed by atoms with Gasteiger partial charge < -0.3 is 4.90 Å². The van der Waals surface area contributed by atoms with Crippen LogP contribution in [0, 0.1) is 0 Å². The van der Waals surface area contributed by atoms with Gasteiger partial charge in [-0.3, -0.25) is 4.98 Å². The smallest absolute Gasteiger partial charge is 0.0810 e. The maximum absolute atomic E-state index is 5.36. The van der Waals surface area contributed by atoms with Crippen LogP contribution in [-0.4, -0.2) is 9.97 Å². The second-order valence-electron chi connectivity index (χ2n) is 16.6. The van der Waals surface area contributed by atoms with E-state index in [1.54, 1.807) is 0 Å². The number of pyridine rings is 2. The van der Waals surface area contributed by atoms with E-state index in [1.165, 1.54) is 50.2 Å². The molecule has 272 valence electrons. The molecule has 0 amide bonds. The summed E-state index contributed by atoms with van der Waals surface area (Å²) in [6.07, 6.45) is 1.93. The number of anilines is 3. The van der Waals surface area contributed by atoms with Crippen molar-refractivity contribution in [2.45, 2.75) is 38.5 Å². The molecule has 0 unspecified atom stereocenters. The first-order valence-electron chi connectivity index (χ1n) is 19.9. The molecule has 0 aliphatic heterocycles. The van der Waals surface area contributed by atoms with E-state index in [1.807, 2.05) is 6.20 Å². The molecule has 2 heterocycles. The zero-order valence-corrected chi connectivity index (χ0v) is 32.6. The lowest BCUT2D eigenvalue weighted by Crippen LogP contribution is -2.17. The molecule has 2 aliphatic rings. The van der Waals surface area contributed by atoms with Crippen LogP contribution < -0.4 is 4.90 Å². The fourth-order valence-electron chi connectivity index (χ4n) is 9.87. The van der Waals surface area contributed by atoms with Gasteiger partial charge in [0.05, 0.1) is 22.6 Å². The van der Waals surface area contributed by atoms with Gasteiger partial charge in [0.25, 0.3) is 0 Å². The first-order chi connectivity index (χ1) is 27.8. The second-order valence-corrected chi connectivity index (χ2v) is 16.6. The van der Waals surface area contributed by atoms with Gasteiger partial charge in [-0.05, 0) is 86.8 Å². The van der Waals surface area contributed by atoms with Crippen molar-refractivity contribution in [2.24, 2.45) is 0 Å². The lowest BCUT2D eigenvalue weighted by atomic mass is 9.82. The molecule has 2 aliphatic carbocycles. The summed E-state index contributed by atoms with van der Waals surface area (Å²) in [7, 11) is 0. The summed E-state index contributed by atoms with van der Waals surface area (Å²) in [6.45, 7) is 9.43. The van der Waals surface area contributed by atoms with Gasteiger partial charge in [0.2, 0.25) is 0 Å². The third kappa shape index (κ3) is 4.91. The minimum Gasteiger partial charge on any atom is -0.310 e. The van der Waals surface area contributed by atoms with Gasteiger partial charge in [0, 0.05) is 55.9 Å². The molecule has 2 aromatic heterocycles. The number of rotatable bonds is 5. The predicted molar refractivity (Wildman–Crippen MR) is 238 cm³/mol. The van der Waals surface area contributed by atoms with Gasteiger partial charge in [-0.15, -0.1) is 0 Å². The van der Waals surface area contributed by atoms with Crippen LogP contribution in [0.15, 0.2) is 176 Å². The van der Waals surface area contributed by atoms with Crippen LogP contribution in [0.3, 0.4) is 0 Å². The molecule has 11 rings (SSSR count). The van der Waals surface area contributed by atoms with E-state index in [9.17, 15) is 0 Å². The van der Waals surface area contributed by atoms with Crippen molar-refractivity contribution in [2.75, 3.05) is 4.90 Å². The summed E-state index contributed by atoms with van der Waals surface area (Å²) < 4.78 is 0. The Morgan fingerprint density at radius 1 is 0.439 bits per heavy atom. The Hall–Kier alpha value is -6.84. The van der Waals surface area contributed by atoms with Gasteiger partial charge in [-0.2, -0.15) is 0 Å². The summed E-state index contributed by atoms with van der Waals surface area (Å²) in [5.74, 6) is 0. The molecule has 3 heteroatoms. The summed E-state index contributed by atoms with van der Waals surface area (Å²) in [5.41, 5.74) is 18.8. The highest BCUT2D eigenvalue weighted by molar-refractivity contribution is 6.15. The lowest BCUT2D eigenvalue weighted by Gasteiger charge is -2.30. The monoisotopic (exact) mass is 731 g/mol. The number of para-hydroxylation sites is 1. The molecule has 0 bridgehead atoms. The van der Waals surface area contributed by atoms with Crippen molar-refractivity contribution in [3.8, 4) is 44.8 Å². The zero-order valence-electron chi connectivity index (χ0n) is 32.6. The fraction of sp³-hybridized carbons (Fsp3) is 0.111. The van der Waals surface area contributed by atoms with E-state index in [2.05, 4.69) is 202 Å². The maximum Gasteiger partial charge on any atom is 0.0810 e. The van der Waals surface area contributed by atoms with Gasteiger partial charge in [0.15, 0.2) is 0 Å². The van der Waals surface area contributed by atoms with E-state index in [-0.39, 0.29) is 10.8 Å². The topological polar surface area (TPSA) is 29.0 Å². The van der Waals surface area contributed by atoms with Crippen molar-refractivity contribution in [3.05, 3.63) is 198 Å². The number of benzene rings is 7. The standard InChI is InChI=1S/C54H41N3/c1-53(2)44-21-12-9-19-42(44)49-45(53)22-14-24-48(49)57(37-29-30-39-38-17-8-11-20-43(38)54(3,4)46(39)33-37)36-27-25-35(26-28-36)52-50-41(40-18-10-13-23-47(40)56-52)31-32-55-51(50)34-15-6-5-7-16-34/h5-33H,1-4H3. The number of aromatic nitrogens is 2. The van der Waals surface area contributed by atoms with E-state index in [0.29, 0.717) is 0 Å². The van der Waals surface area contributed by atoms with Crippen LogP contribution in [0.2, 0.25) is 0 Å². The van der Waals surface area contributed by atoms with Crippen molar-refractivity contribution >= 4 is 38.7 Å². The average Bonchev–Trinajstić information content (AvgIpc) is 3.63. The van der Waals surface area contributed by atoms with Crippen LogP contribution in [0.5, 0.6) is 0 Å². The Balaban J connectivity index is 1.13. The molecule has 0 N–H and O–H groups in total. The predicted octanol–water partition coefficient (Wildman–Crippen LogP) is 14.2. The van der Waals surface area contributed by atoms with E-state index in [4.69, 9.17) is 9.97 Å². The van der Waals surface area contributed by atoms with Gasteiger partial charge in [0.1, 0.15) is 0 Å². The largest absolute Gasteiger partial charge is 0.310 e. The molecule has 3 nitrogen and oxygen atoms in total. The average molecular weight is 732 g/mol. The minimum atomic E-state index is -0.127. The van der Waals surface area contributed by atoms with Crippen molar-refractivity contribution < 1.29 is 0 Å². The van der Waals surface area contributed by atoms with Gasteiger partial charge in [-0.25, -0.2) is 4.98 Å². The number of hydrogen-bond donors (Lipinski definition) is 0. The molecule has 9 aromatic rings. The molecule has 0 atom stereocenters. The molecule has 0 radical (unpaired) electrons. The number of fused-ring (bicyclic) bond motifs is 9. The highest BCUT2D eigenvalue weighted by atomic mass is 15.1. The van der Waals surface area contributed by atoms with E-state index < -0.39 is 0 Å². The van der Waals surface area contributed by atoms with Crippen molar-refractivity contribution in [1.29, 1.82) is 0 Å². The second kappa shape index (κ2) is 12.3. The third-order valence-electron chi connectivity index (χ3n) is 12.7. The van der Waals surface area contributed by atoms with E-state index >= 15 is 0 Å². The Bertz CT molecular complexity index is 3070. The van der Waals surface area contributed by atoms with Gasteiger partial charge >= 0.3 is 0 Å². The molecule has 7 aromatic carbocycles. The number of hydrogen-bond acceptors (Lipinski definition) is 3. The minimum absolute atomic E-state index is 0.119. The molecular formula is C54H41N3. The van der Waals surface area contributed by atoms with Crippen LogP contribution in [-0.2, 0) is 10.8 Å². The van der Waals surface area contributed by atoms with Crippen molar-refractivity contribution in [3.63, 3.8) is 0 Å². The molecule has 57 heavy (non-hydrogen) atoms. The summed E-state index contributed by atoms with van der Waals surface area (Å²) in [5, 5.41) is 3.34. The first kappa shape index (κ1) is 33.5. The first-order valence-corrected chi connectivity index (χ1v) is 19.9. The Labute approximate surface area is 334 Å². The Morgan fingerprint density at radius 3 is 1.86 bits per heavy atom. The highest BCUT2D eigenvalue weighted by Crippen LogP contribution is 2.56. The summed E-state index contributed by atoms with van der Waals surface area (Å²) in [4.78, 5) is 12.8. The molecule has 0 saturated heterocycles. The van der Waals surface area contributed by atoms with Crippen LogP contribution >= 0.6 is 0 Å². The lowest BCUT2D eigenvalue weighted by molar-refractivity contribution is 0.660. The Kier molecular flexibility index (Phi) is 7.25. The van der Waals surface area contributed by atoms with Crippen LogP contribution in [0.1, 0.15) is 49.9 Å². The SMILES string of the molecule is CC1(C)c2ccccc2-c2ccc(N(c3ccc(-c4nc5ccccc5c5ccnc(-c6ccccc6)c45)cc3)c3cccc4c3-c3ccccc3C4(C)C)cc21. The van der Waals surface area contributed by atoms with Crippen LogP contribution in [0.4, 0.5) is 17.1 Å². The zero-order chi connectivity index (χ0) is 38.5. The quantitative estimate of drug-likeness (QED) is 0.165. The normalized spacial score (nSPS) is 14.2. The summed E-state index contributed by atoms with van der Waals surface area (Å²) >= 11 is 0.